The van der Waals surface area contributed by atoms with Crippen LogP contribution in [-0.4, -0.2) is 39.3 Å². The number of nitrogens with zero attached hydrogens (tertiary/aromatic N) is 1. The Kier molecular flexibility index (Phi) is 6.44. The summed E-state index contributed by atoms with van der Waals surface area (Å²) in [5, 5.41) is 2.76. The van der Waals surface area contributed by atoms with E-state index in [4.69, 9.17) is 4.74 Å². The molecule has 6 nitrogen and oxygen atoms in total. The maximum atomic E-state index is 12.8. The first-order valence-corrected chi connectivity index (χ1v) is 10.1. The van der Waals surface area contributed by atoms with E-state index in [2.05, 4.69) is 21.2 Å². The van der Waals surface area contributed by atoms with Gasteiger partial charge in [-0.1, -0.05) is 28.1 Å². The van der Waals surface area contributed by atoms with Gasteiger partial charge in [-0.3, -0.25) is 4.79 Å². The van der Waals surface area contributed by atoms with Crippen LogP contribution in [0.1, 0.15) is 11.1 Å². The molecule has 2 aromatic rings. The molecule has 0 heterocycles. The molecule has 140 valence electrons. The molecule has 0 saturated heterocycles. The van der Waals surface area contributed by atoms with Crippen molar-refractivity contribution in [3.05, 3.63) is 52.0 Å². The number of benzene rings is 2. The molecule has 2 aromatic carbocycles. The Morgan fingerprint density at radius 2 is 1.92 bits per heavy atom. The van der Waals surface area contributed by atoms with Crippen LogP contribution in [-0.2, 0) is 14.8 Å². The molecule has 0 atom stereocenters. The smallest absolute Gasteiger partial charge is 0.247 e. The lowest BCUT2D eigenvalue weighted by molar-refractivity contribution is -0.116. The van der Waals surface area contributed by atoms with E-state index in [1.807, 2.05) is 26.0 Å². The lowest BCUT2D eigenvalue weighted by Gasteiger charge is -2.19. The number of rotatable bonds is 6. The van der Waals surface area contributed by atoms with E-state index in [0.717, 1.165) is 15.4 Å². The summed E-state index contributed by atoms with van der Waals surface area (Å²) in [6.07, 6.45) is 0. The first-order chi connectivity index (χ1) is 12.2. The summed E-state index contributed by atoms with van der Waals surface area (Å²) in [6, 6.07) is 10.3. The van der Waals surface area contributed by atoms with Gasteiger partial charge in [0.1, 0.15) is 10.6 Å². The zero-order valence-electron chi connectivity index (χ0n) is 15.0. The van der Waals surface area contributed by atoms with Crippen molar-refractivity contribution in [2.45, 2.75) is 18.7 Å². The normalized spacial score (nSPS) is 11.5. The minimum absolute atomic E-state index is 0.00332. The number of carbonyl (C=O) groups excluding carboxylic acids is 1. The van der Waals surface area contributed by atoms with E-state index >= 15 is 0 Å². The van der Waals surface area contributed by atoms with E-state index in [1.54, 1.807) is 18.2 Å². The topological polar surface area (TPSA) is 75.7 Å². The van der Waals surface area contributed by atoms with Gasteiger partial charge in [0.05, 0.1) is 13.7 Å². The monoisotopic (exact) mass is 440 g/mol. The predicted molar refractivity (Wildman–Crippen MR) is 105 cm³/mol. The Balaban J connectivity index is 2.20. The fraction of sp³-hybridized carbons (Fsp3) is 0.278. The lowest BCUT2D eigenvalue weighted by atomic mass is 10.1. The van der Waals surface area contributed by atoms with E-state index in [-0.39, 0.29) is 17.2 Å². The summed E-state index contributed by atoms with van der Waals surface area (Å²) < 4.78 is 32.4. The van der Waals surface area contributed by atoms with Crippen LogP contribution in [0.5, 0.6) is 5.75 Å². The number of ether oxygens (including phenoxy) is 1. The number of hydrogen-bond donors (Lipinski definition) is 1. The second-order valence-corrected chi connectivity index (χ2v) is 8.78. The zero-order chi connectivity index (χ0) is 19.5. The molecule has 1 N–H and O–H groups in total. The second kappa shape index (κ2) is 8.20. The molecule has 0 bridgehead atoms. The molecule has 2 rings (SSSR count). The van der Waals surface area contributed by atoms with Crippen molar-refractivity contribution in [1.82, 2.24) is 4.31 Å². The highest BCUT2D eigenvalue weighted by Crippen LogP contribution is 2.29. The minimum atomic E-state index is -3.89. The number of aryl methyl sites for hydroxylation is 1. The molecule has 0 aromatic heterocycles. The van der Waals surface area contributed by atoms with E-state index in [0.29, 0.717) is 10.2 Å². The van der Waals surface area contributed by atoms with Crippen LogP contribution in [0, 0.1) is 13.8 Å². The third kappa shape index (κ3) is 4.44. The van der Waals surface area contributed by atoms with E-state index in [1.165, 1.54) is 20.2 Å². The van der Waals surface area contributed by atoms with Crippen molar-refractivity contribution >= 4 is 37.5 Å². The van der Waals surface area contributed by atoms with E-state index < -0.39 is 15.9 Å². The molecule has 0 aliphatic heterocycles. The Bertz CT molecular complexity index is 929. The van der Waals surface area contributed by atoms with Crippen LogP contribution >= 0.6 is 15.9 Å². The lowest BCUT2D eigenvalue weighted by Crippen LogP contribution is -2.35. The van der Waals surface area contributed by atoms with Gasteiger partial charge in [0.2, 0.25) is 15.9 Å². The summed E-state index contributed by atoms with van der Waals surface area (Å²) in [7, 11) is -1.13. The molecular weight excluding hydrogens is 420 g/mol. The van der Waals surface area contributed by atoms with Gasteiger partial charge < -0.3 is 10.1 Å². The molecule has 1 amide bonds. The van der Waals surface area contributed by atoms with Gasteiger partial charge in [-0.15, -0.1) is 0 Å². The van der Waals surface area contributed by atoms with Crippen LogP contribution in [0.3, 0.4) is 0 Å². The van der Waals surface area contributed by atoms with Gasteiger partial charge >= 0.3 is 0 Å². The molecule has 0 radical (unpaired) electrons. The number of sulfonamides is 1. The van der Waals surface area contributed by atoms with Crippen molar-refractivity contribution in [1.29, 1.82) is 0 Å². The van der Waals surface area contributed by atoms with Crippen LogP contribution in [0.4, 0.5) is 5.69 Å². The molecule has 0 aliphatic rings. The number of halogens is 1. The number of methoxy groups -OCH3 is 1. The Morgan fingerprint density at radius 3 is 2.58 bits per heavy atom. The third-order valence-electron chi connectivity index (χ3n) is 4.06. The van der Waals surface area contributed by atoms with Crippen molar-refractivity contribution in [3.63, 3.8) is 0 Å². The number of carbonyl (C=O) groups is 1. The average Bonchev–Trinajstić information content (AvgIpc) is 2.58. The zero-order valence-corrected chi connectivity index (χ0v) is 17.4. The van der Waals surface area contributed by atoms with Gasteiger partial charge in [0.25, 0.3) is 0 Å². The Morgan fingerprint density at radius 1 is 1.23 bits per heavy atom. The minimum Gasteiger partial charge on any atom is -0.495 e. The van der Waals surface area contributed by atoms with Gasteiger partial charge in [-0.05, 0) is 49.2 Å². The highest BCUT2D eigenvalue weighted by atomic mass is 79.9. The van der Waals surface area contributed by atoms with Crippen LogP contribution in [0.2, 0.25) is 0 Å². The van der Waals surface area contributed by atoms with Gasteiger partial charge in [-0.2, -0.15) is 4.31 Å². The standard InChI is InChI=1S/C18H21BrN2O4S/c1-12-6-5-7-15(13(12)2)20-18(22)11-21(3)26(23,24)17-10-14(19)8-9-16(17)25-4/h5-10H,11H2,1-4H3,(H,20,22). The molecular formula is C18H21BrN2O4S. The molecule has 0 aliphatic carbocycles. The highest BCUT2D eigenvalue weighted by molar-refractivity contribution is 9.10. The first-order valence-electron chi connectivity index (χ1n) is 7.82. The SMILES string of the molecule is COc1ccc(Br)cc1S(=O)(=O)N(C)CC(=O)Nc1cccc(C)c1C. The van der Waals surface area contributed by atoms with E-state index in [9.17, 15) is 13.2 Å². The van der Waals surface area contributed by atoms with Crippen LogP contribution in [0.25, 0.3) is 0 Å². The molecule has 0 unspecified atom stereocenters. The fourth-order valence-corrected chi connectivity index (χ4v) is 4.20. The molecule has 0 spiro atoms. The molecule has 26 heavy (non-hydrogen) atoms. The largest absolute Gasteiger partial charge is 0.495 e. The maximum Gasteiger partial charge on any atom is 0.247 e. The van der Waals surface area contributed by atoms with Gasteiger partial charge in [0, 0.05) is 17.2 Å². The quantitative estimate of drug-likeness (QED) is 0.746. The summed E-state index contributed by atoms with van der Waals surface area (Å²) in [5.41, 5.74) is 2.66. The van der Waals surface area contributed by atoms with Crippen LogP contribution < -0.4 is 10.1 Å². The van der Waals surface area contributed by atoms with Crippen LogP contribution in [0.15, 0.2) is 45.8 Å². The number of nitrogens with one attached hydrogen (secondary N) is 1. The van der Waals surface area contributed by atoms with Crippen molar-refractivity contribution in [3.8, 4) is 5.75 Å². The fourth-order valence-electron chi connectivity index (χ4n) is 2.38. The Labute approximate surface area is 162 Å². The number of hydrogen-bond acceptors (Lipinski definition) is 4. The summed E-state index contributed by atoms with van der Waals surface area (Å²) in [4.78, 5) is 12.3. The van der Waals surface area contributed by atoms with Crippen molar-refractivity contribution in [2.75, 3.05) is 26.0 Å². The third-order valence-corrected chi connectivity index (χ3v) is 6.38. The van der Waals surface area contributed by atoms with Crippen molar-refractivity contribution in [2.24, 2.45) is 0 Å². The Hall–Kier alpha value is -1.90. The summed E-state index contributed by atoms with van der Waals surface area (Å²) in [5.74, 6) is -0.200. The molecule has 8 heteroatoms. The molecule has 0 fully saturated rings. The maximum absolute atomic E-state index is 12.8. The van der Waals surface area contributed by atoms with Gasteiger partial charge in [0.15, 0.2) is 0 Å². The number of likely N-dealkylation sites (N-methyl/N-ethyl adjacent to an activating group) is 1. The predicted octanol–water partition coefficient (Wildman–Crippen LogP) is 3.33. The molecule has 0 saturated carbocycles. The van der Waals surface area contributed by atoms with Crippen molar-refractivity contribution < 1.29 is 17.9 Å². The number of anilines is 1. The highest BCUT2D eigenvalue weighted by Gasteiger charge is 2.27. The first kappa shape index (κ1) is 20.4. The number of amides is 1. The summed E-state index contributed by atoms with van der Waals surface area (Å²) in [6.45, 7) is 3.53. The summed E-state index contributed by atoms with van der Waals surface area (Å²) >= 11 is 3.26. The van der Waals surface area contributed by atoms with Gasteiger partial charge in [-0.25, -0.2) is 8.42 Å². The second-order valence-electron chi connectivity index (χ2n) is 5.85. The average molecular weight is 441 g/mol.